The maximum absolute atomic E-state index is 11.5. The minimum atomic E-state index is -3.16. The van der Waals surface area contributed by atoms with Crippen molar-refractivity contribution in [2.24, 2.45) is 0 Å². The zero-order valence-electron chi connectivity index (χ0n) is 10.3. The molecule has 94 valence electrons. The molecule has 0 aliphatic carbocycles. The second-order valence-electron chi connectivity index (χ2n) is 4.15. The topological polar surface area (TPSA) is 46.5 Å². The van der Waals surface area contributed by atoms with Gasteiger partial charge in [-0.25, -0.2) is 0 Å². The van der Waals surface area contributed by atoms with Gasteiger partial charge < -0.3 is 9.63 Å². The summed E-state index contributed by atoms with van der Waals surface area (Å²) in [5, 5.41) is 0.472. The first-order chi connectivity index (χ1) is 8.50. The standard InChI is InChI=1S/C14H15O3P/c1-17-13-7-3-11(4-8-13)12-5-9-14(10-6-12)18(2,15)16/h3-10H,1-2H3,(H,15,16). The third-order valence-corrected chi connectivity index (χ3v) is 4.03. The Balaban J connectivity index is 2.31. The largest absolute Gasteiger partial charge is 0.497 e. The van der Waals surface area contributed by atoms with Crippen LogP contribution in [0.3, 0.4) is 0 Å². The molecule has 1 atom stereocenters. The van der Waals surface area contributed by atoms with E-state index in [1.54, 1.807) is 19.2 Å². The van der Waals surface area contributed by atoms with Crippen molar-refractivity contribution in [3.8, 4) is 16.9 Å². The second kappa shape index (κ2) is 4.97. The summed E-state index contributed by atoms with van der Waals surface area (Å²) in [6, 6.07) is 14.8. The summed E-state index contributed by atoms with van der Waals surface area (Å²) in [5.74, 6) is 0.809. The van der Waals surface area contributed by atoms with E-state index in [0.29, 0.717) is 5.30 Å². The molecule has 0 fully saturated rings. The Kier molecular flexibility index (Phi) is 3.55. The van der Waals surface area contributed by atoms with Crippen molar-refractivity contribution >= 4 is 12.7 Å². The molecule has 0 aromatic heterocycles. The molecule has 0 aliphatic heterocycles. The van der Waals surface area contributed by atoms with Gasteiger partial charge in [-0.15, -0.1) is 0 Å². The molecule has 0 heterocycles. The van der Waals surface area contributed by atoms with E-state index in [0.717, 1.165) is 16.9 Å². The highest BCUT2D eigenvalue weighted by atomic mass is 31.2. The molecule has 1 unspecified atom stereocenters. The smallest absolute Gasteiger partial charge is 0.226 e. The molecular weight excluding hydrogens is 247 g/mol. The molecule has 1 N–H and O–H groups in total. The summed E-state index contributed by atoms with van der Waals surface area (Å²) in [6.07, 6.45) is 0. The molecule has 0 radical (unpaired) electrons. The molecule has 0 saturated heterocycles. The monoisotopic (exact) mass is 262 g/mol. The van der Waals surface area contributed by atoms with Gasteiger partial charge in [-0.05, 0) is 35.4 Å². The molecule has 2 aromatic rings. The third kappa shape index (κ3) is 2.81. The van der Waals surface area contributed by atoms with Gasteiger partial charge in [0, 0.05) is 12.0 Å². The minimum Gasteiger partial charge on any atom is -0.497 e. The zero-order chi connectivity index (χ0) is 13.2. The molecule has 0 saturated carbocycles. The molecule has 4 heteroatoms. The van der Waals surface area contributed by atoms with Gasteiger partial charge in [0.25, 0.3) is 0 Å². The van der Waals surface area contributed by atoms with E-state index in [1.165, 1.54) is 6.66 Å². The first kappa shape index (κ1) is 12.9. The molecule has 18 heavy (non-hydrogen) atoms. The van der Waals surface area contributed by atoms with Gasteiger partial charge in [-0.1, -0.05) is 24.3 Å². The van der Waals surface area contributed by atoms with Crippen molar-refractivity contribution in [1.82, 2.24) is 0 Å². The van der Waals surface area contributed by atoms with Gasteiger partial charge in [0.15, 0.2) is 0 Å². The minimum absolute atomic E-state index is 0.472. The maximum Gasteiger partial charge on any atom is 0.226 e. The zero-order valence-corrected chi connectivity index (χ0v) is 11.2. The van der Waals surface area contributed by atoms with Crippen LogP contribution in [0.2, 0.25) is 0 Å². The highest BCUT2D eigenvalue weighted by Gasteiger charge is 2.12. The van der Waals surface area contributed by atoms with Gasteiger partial charge in [-0.3, -0.25) is 4.57 Å². The van der Waals surface area contributed by atoms with Crippen molar-refractivity contribution in [2.45, 2.75) is 0 Å². The number of hydrogen-bond donors (Lipinski definition) is 1. The van der Waals surface area contributed by atoms with E-state index < -0.39 is 7.37 Å². The van der Waals surface area contributed by atoms with Crippen molar-refractivity contribution in [3.05, 3.63) is 48.5 Å². The van der Waals surface area contributed by atoms with Crippen LogP contribution >= 0.6 is 7.37 Å². The molecule has 0 spiro atoms. The van der Waals surface area contributed by atoms with Gasteiger partial charge in [0.2, 0.25) is 7.37 Å². The second-order valence-corrected chi connectivity index (χ2v) is 6.43. The average Bonchev–Trinajstić information content (AvgIpc) is 2.38. The van der Waals surface area contributed by atoms with E-state index in [9.17, 15) is 9.46 Å². The van der Waals surface area contributed by atoms with Gasteiger partial charge in [0.1, 0.15) is 5.75 Å². The lowest BCUT2D eigenvalue weighted by molar-refractivity contribution is 0.415. The lowest BCUT2D eigenvalue weighted by atomic mass is 10.1. The highest BCUT2D eigenvalue weighted by molar-refractivity contribution is 7.65. The fourth-order valence-electron chi connectivity index (χ4n) is 1.71. The summed E-state index contributed by atoms with van der Waals surface area (Å²) in [5.41, 5.74) is 2.06. The van der Waals surface area contributed by atoms with Crippen LogP contribution in [0.15, 0.2) is 48.5 Å². The first-order valence-corrected chi connectivity index (χ1v) is 7.67. The van der Waals surface area contributed by atoms with E-state index in [-0.39, 0.29) is 0 Å². The van der Waals surface area contributed by atoms with E-state index in [1.807, 2.05) is 36.4 Å². The van der Waals surface area contributed by atoms with E-state index in [2.05, 4.69) is 0 Å². The Morgan fingerprint density at radius 1 is 0.944 bits per heavy atom. The molecule has 2 rings (SSSR count). The van der Waals surface area contributed by atoms with E-state index >= 15 is 0 Å². The molecule has 0 bridgehead atoms. The lowest BCUT2D eigenvalue weighted by Gasteiger charge is -2.07. The Hall–Kier alpha value is -1.57. The summed E-state index contributed by atoms with van der Waals surface area (Å²) in [6.45, 7) is 1.34. The van der Waals surface area contributed by atoms with Gasteiger partial charge in [-0.2, -0.15) is 0 Å². The number of benzene rings is 2. The molecule has 0 amide bonds. The van der Waals surface area contributed by atoms with Crippen LogP contribution in [0.25, 0.3) is 11.1 Å². The van der Waals surface area contributed by atoms with Crippen LogP contribution in [0, 0.1) is 0 Å². The Morgan fingerprint density at radius 2 is 1.39 bits per heavy atom. The normalized spacial score (nSPS) is 13.9. The van der Waals surface area contributed by atoms with Crippen LogP contribution in [-0.2, 0) is 4.57 Å². The van der Waals surface area contributed by atoms with Crippen molar-refractivity contribution in [3.63, 3.8) is 0 Å². The van der Waals surface area contributed by atoms with E-state index in [4.69, 9.17) is 4.74 Å². The molecule has 0 aliphatic rings. The number of methoxy groups -OCH3 is 1. The van der Waals surface area contributed by atoms with Crippen LogP contribution < -0.4 is 10.0 Å². The van der Waals surface area contributed by atoms with Crippen molar-refractivity contribution in [2.75, 3.05) is 13.8 Å². The first-order valence-electron chi connectivity index (χ1n) is 5.56. The predicted molar refractivity (Wildman–Crippen MR) is 73.8 cm³/mol. The number of ether oxygens (including phenoxy) is 1. The number of rotatable bonds is 3. The molecule has 3 nitrogen and oxygen atoms in total. The lowest BCUT2D eigenvalue weighted by Crippen LogP contribution is -2.01. The summed E-state index contributed by atoms with van der Waals surface area (Å²) in [4.78, 5) is 9.46. The Bertz CT molecular complexity index is 567. The Labute approximate surface area is 107 Å². The highest BCUT2D eigenvalue weighted by Crippen LogP contribution is 2.34. The van der Waals surface area contributed by atoms with Gasteiger partial charge in [0.05, 0.1) is 7.11 Å². The average molecular weight is 262 g/mol. The quantitative estimate of drug-likeness (QED) is 0.865. The summed E-state index contributed by atoms with van der Waals surface area (Å²) < 4.78 is 16.6. The maximum atomic E-state index is 11.5. The summed E-state index contributed by atoms with van der Waals surface area (Å²) in [7, 11) is -1.53. The number of hydrogen-bond acceptors (Lipinski definition) is 2. The van der Waals surface area contributed by atoms with Gasteiger partial charge >= 0.3 is 0 Å². The molecular formula is C14H15O3P. The van der Waals surface area contributed by atoms with Crippen LogP contribution in [0.1, 0.15) is 0 Å². The fraction of sp³-hybridized carbons (Fsp3) is 0.143. The predicted octanol–water partition coefficient (Wildman–Crippen LogP) is 2.89. The molecule has 2 aromatic carbocycles. The fourth-order valence-corrected chi connectivity index (χ4v) is 2.42. The van der Waals surface area contributed by atoms with Crippen LogP contribution in [-0.4, -0.2) is 18.7 Å². The van der Waals surface area contributed by atoms with Crippen molar-refractivity contribution < 1.29 is 14.2 Å². The summed E-state index contributed by atoms with van der Waals surface area (Å²) >= 11 is 0. The van der Waals surface area contributed by atoms with Crippen LogP contribution in [0.4, 0.5) is 0 Å². The van der Waals surface area contributed by atoms with Crippen molar-refractivity contribution in [1.29, 1.82) is 0 Å². The van der Waals surface area contributed by atoms with Crippen LogP contribution in [0.5, 0.6) is 5.75 Å². The Morgan fingerprint density at radius 3 is 1.78 bits per heavy atom. The third-order valence-electron chi connectivity index (χ3n) is 2.77. The SMILES string of the molecule is COc1ccc(-c2ccc(P(C)(=O)O)cc2)cc1.